The molecule has 2 rings (SSSR count). The number of hydrogen-bond acceptors (Lipinski definition) is 6. The molecular weight excluding hydrogens is 256 g/mol. The van der Waals surface area contributed by atoms with E-state index in [1.54, 1.807) is 0 Å². The molecule has 1 unspecified atom stereocenters. The molecule has 1 aromatic carbocycles. The maximum absolute atomic E-state index is 9.85. The van der Waals surface area contributed by atoms with Crippen LogP contribution in [0.2, 0.25) is 0 Å². The van der Waals surface area contributed by atoms with Gasteiger partial charge in [0.05, 0.1) is 6.61 Å². The molecular formula is C12H16O5S. The smallest absolute Gasteiger partial charge is 0.136 e. The van der Waals surface area contributed by atoms with Gasteiger partial charge in [-0.25, -0.2) is 0 Å². The number of rotatable bonds is 3. The number of aliphatic hydroxyl groups is 4. The van der Waals surface area contributed by atoms with E-state index in [2.05, 4.69) is 0 Å². The highest BCUT2D eigenvalue weighted by atomic mass is 32.2. The van der Waals surface area contributed by atoms with Crippen LogP contribution in [0.4, 0.5) is 0 Å². The molecule has 1 heterocycles. The molecule has 0 saturated carbocycles. The Kier molecular flexibility index (Phi) is 4.60. The summed E-state index contributed by atoms with van der Waals surface area (Å²) in [5, 5.41) is 38.2. The zero-order valence-electron chi connectivity index (χ0n) is 9.59. The zero-order valence-corrected chi connectivity index (χ0v) is 10.4. The normalized spacial score (nSPS) is 36.6. The van der Waals surface area contributed by atoms with Gasteiger partial charge in [-0.15, -0.1) is 0 Å². The molecule has 100 valence electrons. The fourth-order valence-corrected chi connectivity index (χ4v) is 2.88. The molecule has 0 radical (unpaired) electrons. The molecule has 0 spiro atoms. The highest BCUT2D eigenvalue weighted by Crippen LogP contribution is 2.32. The van der Waals surface area contributed by atoms with Crippen molar-refractivity contribution in [2.75, 3.05) is 6.61 Å². The summed E-state index contributed by atoms with van der Waals surface area (Å²) in [6.07, 6.45) is -4.69. The van der Waals surface area contributed by atoms with E-state index < -0.39 is 36.5 Å². The van der Waals surface area contributed by atoms with Crippen LogP contribution in [0.5, 0.6) is 0 Å². The van der Waals surface area contributed by atoms with Crippen molar-refractivity contribution < 1.29 is 25.2 Å². The molecule has 1 fully saturated rings. The molecule has 0 bridgehead atoms. The third-order valence-corrected chi connectivity index (χ3v) is 4.01. The summed E-state index contributed by atoms with van der Waals surface area (Å²) in [5.74, 6) is 0. The van der Waals surface area contributed by atoms with Gasteiger partial charge in [0.25, 0.3) is 0 Å². The number of benzene rings is 1. The lowest BCUT2D eigenvalue weighted by Gasteiger charge is -2.39. The monoisotopic (exact) mass is 272 g/mol. The van der Waals surface area contributed by atoms with Gasteiger partial charge in [0, 0.05) is 4.90 Å². The van der Waals surface area contributed by atoms with Crippen LogP contribution in [-0.4, -0.2) is 56.9 Å². The standard InChI is InChI=1S/C12H16O5S/c13-6-8-9(14)10(15)11(16)12(17-8)18-7-4-2-1-3-5-7/h1-5,8-16H,6H2/t8-,9+,10+,11-,12?/m0/s1. The van der Waals surface area contributed by atoms with Gasteiger partial charge in [-0.3, -0.25) is 0 Å². The van der Waals surface area contributed by atoms with Gasteiger partial charge in [-0.1, -0.05) is 30.0 Å². The van der Waals surface area contributed by atoms with Crippen LogP contribution >= 0.6 is 11.8 Å². The van der Waals surface area contributed by atoms with Crippen molar-refractivity contribution in [2.45, 2.75) is 34.7 Å². The minimum Gasteiger partial charge on any atom is -0.394 e. The largest absolute Gasteiger partial charge is 0.394 e. The Morgan fingerprint density at radius 1 is 1.00 bits per heavy atom. The molecule has 0 aromatic heterocycles. The van der Waals surface area contributed by atoms with Crippen LogP contribution in [0, 0.1) is 0 Å². The maximum atomic E-state index is 9.85. The summed E-state index contributed by atoms with van der Waals surface area (Å²) in [6.45, 7) is -0.406. The lowest BCUT2D eigenvalue weighted by molar-refractivity contribution is -0.205. The molecule has 4 N–H and O–H groups in total. The third kappa shape index (κ3) is 2.85. The predicted molar refractivity (Wildman–Crippen MR) is 66.1 cm³/mol. The molecule has 1 aromatic rings. The van der Waals surface area contributed by atoms with Crippen LogP contribution in [0.25, 0.3) is 0 Å². The van der Waals surface area contributed by atoms with Gasteiger partial charge in [0.1, 0.15) is 29.9 Å². The number of ether oxygens (including phenoxy) is 1. The Hall–Kier alpha value is -0.630. The van der Waals surface area contributed by atoms with E-state index >= 15 is 0 Å². The first kappa shape index (κ1) is 13.8. The minimum absolute atomic E-state index is 0.406. The van der Waals surface area contributed by atoms with Gasteiger partial charge < -0.3 is 25.2 Å². The molecule has 1 aliphatic rings. The molecule has 0 amide bonds. The lowest BCUT2D eigenvalue weighted by atomic mass is 10.0. The summed E-state index contributed by atoms with van der Waals surface area (Å²) >= 11 is 1.24. The van der Waals surface area contributed by atoms with E-state index in [9.17, 15) is 15.3 Å². The summed E-state index contributed by atoms with van der Waals surface area (Å²) in [6, 6.07) is 9.29. The second kappa shape index (κ2) is 6.01. The Morgan fingerprint density at radius 2 is 1.67 bits per heavy atom. The van der Waals surface area contributed by atoms with Crippen LogP contribution in [-0.2, 0) is 4.74 Å². The Balaban J connectivity index is 2.08. The first-order chi connectivity index (χ1) is 8.63. The maximum Gasteiger partial charge on any atom is 0.136 e. The van der Waals surface area contributed by atoms with Gasteiger partial charge in [0.2, 0.25) is 0 Å². The SMILES string of the molecule is OC[C@@H]1OC(Sc2ccccc2)[C@@H](O)[C@H](O)[C@@H]1O. The van der Waals surface area contributed by atoms with Crippen molar-refractivity contribution in [3.63, 3.8) is 0 Å². The summed E-state index contributed by atoms with van der Waals surface area (Å²) in [5.41, 5.74) is -0.719. The van der Waals surface area contributed by atoms with Crippen LogP contribution < -0.4 is 0 Å². The Bertz CT molecular complexity index is 372. The average molecular weight is 272 g/mol. The van der Waals surface area contributed by atoms with Crippen molar-refractivity contribution in [1.29, 1.82) is 0 Å². The minimum atomic E-state index is -1.32. The first-order valence-electron chi connectivity index (χ1n) is 5.65. The third-order valence-electron chi connectivity index (χ3n) is 2.84. The van der Waals surface area contributed by atoms with E-state index in [4.69, 9.17) is 9.84 Å². The fourth-order valence-electron chi connectivity index (χ4n) is 1.80. The van der Waals surface area contributed by atoms with E-state index in [1.165, 1.54) is 11.8 Å². The molecule has 1 saturated heterocycles. The molecule has 1 aliphatic heterocycles. The van der Waals surface area contributed by atoms with Crippen molar-refractivity contribution in [3.05, 3.63) is 30.3 Å². The van der Waals surface area contributed by atoms with Crippen molar-refractivity contribution in [3.8, 4) is 0 Å². The van der Waals surface area contributed by atoms with Crippen LogP contribution in [0.15, 0.2) is 35.2 Å². The lowest BCUT2D eigenvalue weighted by Crippen LogP contribution is -2.57. The van der Waals surface area contributed by atoms with Crippen LogP contribution in [0.1, 0.15) is 0 Å². The molecule has 5 atom stereocenters. The van der Waals surface area contributed by atoms with E-state index in [1.807, 2.05) is 30.3 Å². The van der Waals surface area contributed by atoms with E-state index in [0.717, 1.165) is 4.90 Å². The van der Waals surface area contributed by atoms with Crippen LogP contribution in [0.3, 0.4) is 0 Å². The zero-order chi connectivity index (χ0) is 13.1. The summed E-state index contributed by atoms with van der Waals surface area (Å²) < 4.78 is 5.39. The second-order valence-corrected chi connectivity index (χ2v) is 5.30. The Labute approximate surface area is 109 Å². The Morgan fingerprint density at radius 3 is 2.28 bits per heavy atom. The second-order valence-electron chi connectivity index (χ2n) is 4.13. The van der Waals surface area contributed by atoms with Gasteiger partial charge >= 0.3 is 0 Å². The average Bonchev–Trinajstić information content (AvgIpc) is 2.40. The molecule has 18 heavy (non-hydrogen) atoms. The van der Waals surface area contributed by atoms with Gasteiger partial charge in [-0.05, 0) is 12.1 Å². The fraction of sp³-hybridized carbons (Fsp3) is 0.500. The number of aliphatic hydroxyl groups excluding tert-OH is 4. The van der Waals surface area contributed by atoms with Gasteiger partial charge in [0.15, 0.2) is 0 Å². The molecule has 5 nitrogen and oxygen atoms in total. The topological polar surface area (TPSA) is 90.2 Å². The van der Waals surface area contributed by atoms with Crippen molar-refractivity contribution in [2.24, 2.45) is 0 Å². The van der Waals surface area contributed by atoms with E-state index in [0.29, 0.717) is 0 Å². The number of thioether (sulfide) groups is 1. The molecule has 6 heteroatoms. The summed E-state index contributed by atoms with van der Waals surface area (Å²) in [4.78, 5) is 0.877. The number of hydrogen-bond donors (Lipinski definition) is 4. The highest BCUT2D eigenvalue weighted by Gasteiger charge is 2.43. The molecule has 0 aliphatic carbocycles. The quantitative estimate of drug-likeness (QED) is 0.597. The van der Waals surface area contributed by atoms with Crippen molar-refractivity contribution >= 4 is 11.8 Å². The highest BCUT2D eigenvalue weighted by molar-refractivity contribution is 7.99. The summed E-state index contributed by atoms with van der Waals surface area (Å²) in [7, 11) is 0. The van der Waals surface area contributed by atoms with Gasteiger partial charge in [-0.2, -0.15) is 0 Å². The van der Waals surface area contributed by atoms with Crippen molar-refractivity contribution in [1.82, 2.24) is 0 Å². The predicted octanol–water partition coefficient (Wildman–Crippen LogP) is -0.421. The van der Waals surface area contributed by atoms with E-state index in [-0.39, 0.29) is 0 Å². The first-order valence-corrected chi connectivity index (χ1v) is 6.53.